The van der Waals surface area contributed by atoms with Gasteiger partial charge in [0.25, 0.3) is 0 Å². The van der Waals surface area contributed by atoms with Crippen LogP contribution in [-0.4, -0.2) is 38.9 Å². The van der Waals surface area contributed by atoms with Crippen LogP contribution in [0, 0.1) is 13.8 Å². The summed E-state index contributed by atoms with van der Waals surface area (Å²) in [5, 5.41) is 10.2. The van der Waals surface area contributed by atoms with E-state index in [1.54, 1.807) is 38.1 Å². The first-order valence-corrected chi connectivity index (χ1v) is 11.1. The third kappa shape index (κ3) is 6.58. The topological polar surface area (TPSA) is 106 Å². The molecule has 0 atom stereocenters. The molecule has 0 aliphatic carbocycles. The van der Waals surface area contributed by atoms with E-state index in [9.17, 15) is 9.59 Å². The normalized spacial score (nSPS) is 10.8. The van der Waals surface area contributed by atoms with E-state index in [-0.39, 0.29) is 24.4 Å². The van der Waals surface area contributed by atoms with E-state index in [4.69, 9.17) is 9.47 Å². The van der Waals surface area contributed by atoms with Gasteiger partial charge in [-0.05, 0) is 57.0 Å². The number of hydrogen-bond donors (Lipinski definition) is 2. The van der Waals surface area contributed by atoms with Crippen LogP contribution in [0.25, 0.3) is 0 Å². The molecule has 0 radical (unpaired) electrons. The van der Waals surface area contributed by atoms with Crippen LogP contribution < -0.4 is 10.1 Å². The Balaban J connectivity index is 1.50. The number of H-pyrrole nitrogens is 1. The molecule has 2 aromatic carbocycles. The lowest BCUT2D eigenvalue weighted by atomic mass is 10.1. The van der Waals surface area contributed by atoms with Crippen LogP contribution in [0.4, 0.5) is 5.69 Å². The van der Waals surface area contributed by atoms with Crippen LogP contribution >= 0.6 is 11.8 Å². The number of rotatable bonds is 9. The standard InChI is InChI=1S/C23H26N4O4S/c1-14(2)31-22(29)17-9-6-10-18(11-17)24-20(28)13-32-23-25-19(26-27-23)12-30-21-15(3)7-5-8-16(21)4/h5-11,14H,12-13H2,1-4H3,(H,24,28)(H,25,26,27). The number of hydrogen-bond acceptors (Lipinski definition) is 7. The maximum atomic E-state index is 12.3. The number of aryl methyl sites for hydroxylation is 2. The molecule has 32 heavy (non-hydrogen) atoms. The van der Waals surface area contributed by atoms with E-state index in [1.807, 2.05) is 32.0 Å². The summed E-state index contributed by atoms with van der Waals surface area (Å²) in [5.74, 6) is 0.865. The Labute approximate surface area is 191 Å². The summed E-state index contributed by atoms with van der Waals surface area (Å²) in [6, 6.07) is 12.6. The molecule has 3 aromatic rings. The number of esters is 1. The first-order valence-electron chi connectivity index (χ1n) is 10.2. The molecule has 9 heteroatoms. The highest BCUT2D eigenvalue weighted by Gasteiger charge is 2.12. The van der Waals surface area contributed by atoms with E-state index < -0.39 is 5.97 Å². The molecule has 3 rings (SSSR count). The van der Waals surface area contributed by atoms with Crippen LogP contribution in [0.1, 0.15) is 41.2 Å². The van der Waals surface area contributed by atoms with E-state index in [0.717, 1.165) is 16.9 Å². The van der Waals surface area contributed by atoms with E-state index in [0.29, 0.717) is 22.2 Å². The summed E-state index contributed by atoms with van der Waals surface area (Å²) in [4.78, 5) is 28.7. The fraction of sp³-hybridized carbons (Fsp3) is 0.304. The zero-order valence-corrected chi connectivity index (χ0v) is 19.3. The lowest BCUT2D eigenvalue weighted by Gasteiger charge is -2.10. The van der Waals surface area contributed by atoms with E-state index in [1.165, 1.54) is 11.8 Å². The average molecular weight is 455 g/mol. The van der Waals surface area contributed by atoms with Crippen molar-refractivity contribution in [1.29, 1.82) is 0 Å². The molecule has 8 nitrogen and oxygen atoms in total. The molecule has 0 saturated carbocycles. The Morgan fingerprint density at radius 3 is 2.56 bits per heavy atom. The molecule has 0 aliphatic rings. The predicted octanol–water partition coefficient (Wildman–Crippen LogP) is 4.30. The fourth-order valence-corrected chi connectivity index (χ4v) is 3.52. The summed E-state index contributed by atoms with van der Waals surface area (Å²) in [6.45, 7) is 7.80. The lowest BCUT2D eigenvalue weighted by Crippen LogP contribution is -2.15. The second kappa shape index (κ2) is 10.8. The van der Waals surface area contributed by atoms with Gasteiger partial charge >= 0.3 is 5.97 Å². The zero-order chi connectivity index (χ0) is 23.1. The largest absolute Gasteiger partial charge is 0.485 e. The smallest absolute Gasteiger partial charge is 0.338 e. The number of aromatic amines is 1. The fourth-order valence-electron chi connectivity index (χ4n) is 2.91. The highest BCUT2D eigenvalue weighted by molar-refractivity contribution is 7.99. The Kier molecular flexibility index (Phi) is 7.88. The number of aromatic nitrogens is 3. The van der Waals surface area contributed by atoms with Gasteiger partial charge in [-0.2, -0.15) is 0 Å². The summed E-state index contributed by atoms with van der Waals surface area (Å²) < 4.78 is 11.0. The van der Waals surface area contributed by atoms with Gasteiger partial charge in [-0.25, -0.2) is 9.78 Å². The lowest BCUT2D eigenvalue weighted by molar-refractivity contribution is -0.113. The number of nitrogens with one attached hydrogen (secondary N) is 2. The molecule has 1 aromatic heterocycles. The Hall–Kier alpha value is -3.33. The van der Waals surface area contributed by atoms with Gasteiger partial charge in [0.2, 0.25) is 11.1 Å². The van der Waals surface area contributed by atoms with Crippen molar-refractivity contribution < 1.29 is 19.1 Å². The molecule has 0 spiro atoms. The first-order chi connectivity index (χ1) is 15.3. The van der Waals surface area contributed by atoms with Gasteiger partial charge in [0, 0.05) is 5.69 Å². The third-order valence-electron chi connectivity index (χ3n) is 4.33. The second-order valence-electron chi connectivity index (χ2n) is 7.45. The zero-order valence-electron chi connectivity index (χ0n) is 18.5. The van der Waals surface area contributed by atoms with Crippen molar-refractivity contribution in [3.05, 3.63) is 65.0 Å². The van der Waals surface area contributed by atoms with Gasteiger partial charge in [-0.15, -0.1) is 5.10 Å². The molecule has 1 amide bonds. The molecule has 0 unspecified atom stereocenters. The summed E-state index contributed by atoms with van der Waals surface area (Å²) in [5.41, 5.74) is 3.01. The summed E-state index contributed by atoms with van der Waals surface area (Å²) in [6.07, 6.45) is -0.213. The monoisotopic (exact) mass is 454 g/mol. The predicted molar refractivity (Wildman–Crippen MR) is 123 cm³/mol. The van der Waals surface area contributed by atoms with Gasteiger partial charge in [-0.3, -0.25) is 9.89 Å². The Bertz CT molecular complexity index is 1080. The van der Waals surface area contributed by atoms with Gasteiger partial charge < -0.3 is 14.8 Å². The average Bonchev–Trinajstić information content (AvgIpc) is 3.19. The first kappa shape index (κ1) is 23.3. The van der Waals surface area contributed by atoms with Gasteiger partial charge in [0.15, 0.2) is 5.82 Å². The molecule has 0 fully saturated rings. The number of ether oxygens (including phenoxy) is 2. The number of benzene rings is 2. The molecule has 0 bridgehead atoms. The maximum Gasteiger partial charge on any atom is 0.338 e. The molecular weight excluding hydrogens is 428 g/mol. The molecule has 1 heterocycles. The highest BCUT2D eigenvalue weighted by Crippen LogP contribution is 2.23. The van der Waals surface area contributed by atoms with Crippen molar-refractivity contribution in [2.75, 3.05) is 11.1 Å². The molecule has 2 N–H and O–H groups in total. The number of nitrogens with zero attached hydrogens (tertiary/aromatic N) is 2. The Morgan fingerprint density at radius 1 is 1.12 bits per heavy atom. The van der Waals surface area contributed by atoms with Crippen LogP contribution in [0.5, 0.6) is 5.75 Å². The number of anilines is 1. The molecule has 0 saturated heterocycles. The molecule has 0 aliphatic heterocycles. The van der Waals surface area contributed by atoms with Gasteiger partial charge in [0.1, 0.15) is 12.4 Å². The van der Waals surface area contributed by atoms with Crippen molar-refractivity contribution in [3.63, 3.8) is 0 Å². The maximum absolute atomic E-state index is 12.3. The quantitative estimate of drug-likeness (QED) is 0.367. The van der Waals surface area contributed by atoms with Crippen molar-refractivity contribution in [2.45, 2.75) is 45.6 Å². The SMILES string of the molecule is Cc1cccc(C)c1OCc1nc(SCC(=O)Nc2cccc(C(=O)OC(C)C)c2)n[nH]1. The van der Waals surface area contributed by atoms with Crippen molar-refractivity contribution in [3.8, 4) is 5.75 Å². The molecular formula is C23H26N4O4S. The Morgan fingerprint density at radius 2 is 1.84 bits per heavy atom. The van der Waals surface area contributed by atoms with Crippen LogP contribution in [0.2, 0.25) is 0 Å². The number of para-hydroxylation sites is 1. The minimum absolute atomic E-state index is 0.121. The third-order valence-corrected chi connectivity index (χ3v) is 5.18. The van der Waals surface area contributed by atoms with E-state index in [2.05, 4.69) is 20.5 Å². The highest BCUT2D eigenvalue weighted by atomic mass is 32.2. The number of carbonyl (C=O) groups excluding carboxylic acids is 2. The van der Waals surface area contributed by atoms with Crippen molar-refractivity contribution >= 4 is 29.3 Å². The van der Waals surface area contributed by atoms with Gasteiger partial charge in [-0.1, -0.05) is 36.0 Å². The van der Waals surface area contributed by atoms with E-state index >= 15 is 0 Å². The van der Waals surface area contributed by atoms with Crippen LogP contribution in [0.15, 0.2) is 47.6 Å². The minimum atomic E-state index is -0.429. The number of thioether (sulfide) groups is 1. The van der Waals surface area contributed by atoms with Crippen molar-refractivity contribution in [1.82, 2.24) is 15.2 Å². The minimum Gasteiger partial charge on any atom is -0.485 e. The van der Waals surface area contributed by atoms with Crippen LogP contribution in [-0.2, 0) is 16.1 Å². The number of amides is 1. The summed E-state index contributed by atoms with van der Waals surface area (Å²) in [7, 11) is 0. The van der Waals surface area contributed by atoms with Crippen molar-refractivity contribution in [2.24, 2.45) is 0 Å². The van der Waals surface area contributed by atoms with Crippen LogP contribution in [0.3, 0.4) is 0 Å². The molecule has 168 valence electrons. The van der Waals surface area contributed by atoms with Gasteiger partial charge in [0.05, 0.1) is 17.4 Å². The second-order valence-corrected chi connectivity index (χ2v) is 8.39. The summed E-state index contributed by atoms with van der Waals surface area (Å²) >= 11 is 1.20. The number of carbonyl (C=O) groups is 2.